The zero-order valence-electron chi connectivity index (χ0n) is 15.4. The summed E-state index contributed by atoms with van der Waals surface area (Å²) in [7, 11) is 0. The quantitative estimate of drug-likeness (QED) is 0.619. The Morgan fingerprint density at radius 1 is 1.31 bits per heavy atom. The minimum atomic E-state index is -0.607. The van der Waals surface area contributed by atoms with Crippen LogP contribution in [-0.4, -0.2) is 40.1 Å². The topological polar surface area (TPSA) is 75.5 Å². The smallest absolute Gasteiger partial charge is 0.302 e. The van der Waals surface area contributed by atoms with E-state index in [-0.39, 0.29) is 12.6 Å². The number of nitrogens with zero attached hydrogens (tertiary/aromatic N) is 3. The minimum absolute atomic E-state index is 0.183. The van der Waals surface area contributed by atoms with E-state index in [1.807, 2.05) is 20.8 Å². The molecule has 142 valence electrons. The second kappa shape index (κ2) is 9.00. The molecule has 0 bridgehead atoms. The number of benzene rings is 1. The molecule has 0 aliphatic rings. The molecule has 0 N–H and O–H groups in total. The molecule has 0 aliphatic carbocycles. The van der Waals surface area contributed by atoms with Gasteiger partial charge in [0.1, 0.15) is 24.5 Å². The van der Waals surface area contributed by atoms with Crippen LogP contribution in [0.5, 0.6) is 5.75 Å². The van der Waals surface area contributed by atoms with Crippen LogP contribution in [0.15, 0.2) is 36.9 Å². The lowest BCUT2D eigenvalue weighted by Gasteiger charge is -2.38. The lowest BCUT2D eigenvalue weighted by Crippen LogP contribution is -2.45. The third kappa shape index (κ3) is 5.44. The van der Waals surface area contributed by atoms with Gasteiger partial charge in [-0.1, -0.05) is 25.4 Å². The van der Waals surface area contributed by atoms with Crippen molar-refractivity contribution in [1.82, 2.24) is 14.8 Å². The predicted octanol–water partition coefficient (Wildman–Crippen LogP) is 3.50. The standard InChI is InChI=1S/C18H24ClN3O4/c1-5-24-16(18(3,4)10-25-13(2)23)17(22-12-20-11-21-22)26-15-8-6-14(19)7-9-15/h6-9,11-12,16-17H,5,10H2,1-4H3. The van der Waals surface area contributed by atoms with Gasteiger partial charge in [-0.25, -0.2) is 9.67 Å². The highest BCUT2D eigenvalue weighted by Gasteiger charge is 2.40. The molecule has 8 heteroatoms. The van der Waals surface area contributed by atoms with Crippen LogP contribution in [0.25, 0.3) is 0 Å². The molecule has 2 aromatic rings. The highest BCUT2D eigenvalue weighted by Crippen LogP contribution is 2.34. The Morgan fingerprint density at radius 2 is 2.00 bits per heavy atom. The molecule has 1 heterocycles. The van der Waals surface area contributed by atoms with E-state index in [4.69, 9.17) is 25.8 Å². The van der Waals surface area contributed by atoms with Crippen LogP contribution < -0.4 is 4.74 Å². The summed E-state index contributed by atoms with van der Waals surface area (Å²) >= 11 is 5.95. The van der Waals surface area contributed by atoms with E-state index in [1.165, 1.54) is 13.3 Å². The Kier molecular flexibility index (Phi) is 6.99. The van der Waals surface area contributed by atoms with Crippen molar-refractivity contribution in [3.05, 3.63) is 41.9 Å². The van der Waals surface area contributed by atoms with Gasteiger partial charge in [0.15, 0.2) is 0 Å². The Labute approximate surface area is 158 Å². The molecular weight excluding hydrogens is 358 g/mol. The summed E-state index contributed by atoms with van der Waals surface area (Å²) in [5.41, 5.74) is -0.537. The van der Waals surface area contributed by atoms with Gasteiger partial charge < -0.3 is 14.2 Å². The van der Waals surface area contributed by atoms with Gasteiger partial charge in [-0.2, -0.15) is 5.10 Å². The normalized spacial score (nSPS) is 13.9. The second-order valence-corrected chi connectivity index (χ2v) is 6.92. The van der Waals surface area contributed by atoms with Gasteiger partial charge in [-0.15, -0.1) is 0 Å². The maximum absolute atomic E-state index is 11.3. The molecule has 0 saturated heterocycles. The highest BCUT2D eigenvalue weighted by atomic mass is 35.5. The first-order chi connectivity index (χ1) is 12.3. The predicted molar refractivity (Wildman–Crippen MR) is 97.0 cm³/mol. The Balaban J connectivity index is 2.32. The van der Waals surface area contributed by atoms with Crippen LogP contribution in [0.1, 0.15) is 33.9 Å². The fourth-order valence-corrected chi connectivity index (χ4v) is 2.63. The van der Waals surface area contributed by atoms with Crippen LogP contribution in [0.3, 0.4) is 0 Å². The van der Waals surface area contributed by atoms with E-state index in [9.17, 15) is 4.79 Å². The molecular formula is C18H24ClN3O4. The van der Waals surface area contributed by atoms with Gasteiger partial charge in [-0.3, -0.25) is 4.79 Å². The number of carbonyl (C=O) groups excluding carboxylic acids is 1. The van der Waals surface area contributed by atoms with E-state index >= 15 is 0 Å². The molecule has 2 atom stereocenters. The number of halogens is 1. The Bertz CT molecular complexity index is 689. The summed E-state index contributed by atoms with van der Waals surface area (Å²) in [5.74, 6) is 0.270. The van der Waals surface area contributed by atoms with Crippen molar-refractivity contribution in [1.29, 1.82) is 0 Å². The van der Waals surface area contributed by atoms with E-state index in [1.54, 1.807) is 35.3 Å². The number of hydrogen-bond donors (Lipinski definition) is 0. The maximum Gasteiger partial charge on any atom is 0.302 e. The van der Waals surface area contributed by atoms with Crippen molar-refractivity contribution in [2.75, 3.05) is 13.2 Å². The van der Waals surface area contributed by atoms with Crippen LogP contribution in [0.2, 0.25) is 5.02 Å². The average molecular weight is 382 g/mol. The summed E-state index contributed by atoms with van der Waals surface area (Å²) in [6.07, 6.45) is 1.93. The van der Waals surface area contributed by atoms with Gasteiger partial charge in [0.2, 0.25) is 6.23 Å². The molecule has 1 aromatic carbocycles. The van der Waals surface area contributed by atoms with Crippen LogP contribution in [-0.2, 0) is 14.3 Å². The van der Waals surface area contributed by atoms with Crippen molar-refractivity contribution in [2.45, 2.75) is 40.0 Å². The Hall–Kier alpha value is -2.12. The van der Waals surface area contributed by atoms with Crippen LogP contribution in [0, 0.1) is 5.41 Å². The van der Waals surface area contributed by atoms with E-state index < -0.39 is 17.7 Å². The van der Waals surface area contributed by atoms with E-state index in [2.05, 4.69) is 10.1 Å². The average Bonchev–Trinajstić information content (AvgIpc) is 3.12. The second-order valence-electron chi connectivity index (χ2n) is 6.48. The van der Waals surface area contributed by atoms with Gasteiger partial charge in [0.25, 0.3) is 0 Å². The van der Waals surface area contributed by atoms with E-state index in [0.717, 1.165) is 0 Å². The summed E-state index contributed by atoms with van der Waals surface area (Å²) in [4.78, 5) is 15.3. The number of esters is 1. The summed E-state index contributed by atoms with van der Waals surface area (Å²) in [6.45, 7) is 7.82. The highest BCUT2D eigenvalue weighted by molar-refractivity contribution is 6.30. The van der Waals surface area contributed by atoms with Crippen molar-refractivity contribution in [2.24, 2.45) is 5.41 Å². The fraction of sp³-hybridized carbons (Fsp3) is 0.500. The summed E-state index contributed by atoms with van der Waals surface area (Å²) < 4.78 is 19.0. The van der Waals surface area contributed by atoms with Crippen LogP contribution >= 0.6 is 11.6 Å². The van der Waals surface area contributed by atoms with Crippen molar-refractivity contribution >= 4 is 17.6 Å². The van der Waals surface area contributed by atoms with E-state index in [0.29, 0.717) is 17.4 Å². The third-order valence-electron chi connectivity index (χ3n) is 3.79. The number of hydrogen-bond acceptors (Lipinski definition) is 6. The van der Waals surface area contributed by atoms with Gasteiger partial charge in [0.05, 0.1) is 6.61 Å². The molecule has 0 saturated carbocycles. The van der Waals surface area contributed by atoms with Crippen LogP contribution in [0.4, 0.5) is 0 Å². The first-order valence-corrected chi connectivity index (χ1v) is 8.72. The summed E-state index contributed by atoms with van der Waals surface area (Å²) in [5, 5.41) is 4.83. The third-order valence-corrected chi connectivity index (χ3v) is 4.04. The molecule has 0 radical (unpaired) electrons. The number of ether oxygens (including phenoxy) is 3. The lowest BCUT2D eigenvalue weighted by atomic mass is 9.86. The monoisotopic (exact) mass is 381 g/mol. The lowest BCUT2D eigenvalue weighted by molar-refractivity contribution is -0.158. The summed E-state index contributed by atoms with van der Waals surface area (Å²) in [6, 6.07) is 7.03. The SMILES string of the molecule is CCOC(C(Oc1ccc(Cl)cc1)n1cncn1)C(C)(C)COC(C)=O. The number of rotatable bonds is 9. The molecule has 0 fully saturated rings. The van der Waals surface area contributed by atoms with Gasteiger partial charge in [0, 0.05) is 24.0 Å². The van der Waals surface area contributed by atoms with Gasteiger partial charge in [-0.05, 0) is 31.2 Å². The Morgan fingerprint density at radius 3 is 2.54 bits per heavy atom. The molecule has 0 aliphatic heterocycles. The fourth-order valence-electron chi connectivity index (χ4n) is 2.50. The number of carbonyl (C=O) groups is 1. The number of aromatic nitrogens is 3. The van der Waals surface area contributed by atoms with Crippen molar-refractivity contribution < 1.29 is 19.0 Å². The van der Waals surface area contributed by atoms with Crippen molar-refractivity contribution in [3.8, 4) is 5.75 Å². The van der Waals surface area contributed by atoms with Gasteiger partial charge >= 0.3 is 5.97 Å². The zero-order chi connectivity index (χ0) is 19.2. The first-order valence-electron chi connectivity index (χ1n) is 8.35. The largest absolute Gasteiger partial charge is 0.466 e. The zero-order valence-corrected chi connectivity index (χ0v) is 16.1. The molecule has 7 nitrogen and oxygen atoms in total. The first kappa shape index (κ1) is 20.2. The molecule has 26 heavy (non-hydrogen) atoms. The molecule has 0 amide bonds. The molecule has 1 aromatic heterocycles. The molecule has 0 spiro atoms. The minimum Gasteiger partial charge on any atom is -0.466 e. The van der Waals surface area contributed by atoms with Crippen molar-refractivity contribution in [3.63, 3.8) is 0 Å². The molecule has 2 unspecified atom stereocenters. The maximum atomic E-state index is 11.3. The molecule has 2 rings (SSSR count).